The third-order valence-electron chi connectivity index (χ3n) is 1.62. The van der Waals surface area contributed by atoms with Crippen molar-refractivity contribution in [1.82, 2.24) is 5.43 Å². The number of rotatable bonds is 2. The molecule has 0 saturated heterocycles. The van der Waals surface area contributed by atoms with Crippen LogP contribution in [0.1, 0.15) is 0 Å². The minimum Gasteiger partial charge on any atom is -0.495 e. The van der Waals surface area contributed by atoms with Crippen LogP contribution in [-0.4, -0.2) is 12.2 Å². The molecule has 0 fully saturated rings. The number of nitrogens with one attached hydrogen (secondary N) is 2. The summed E-state index contributed by atoms with van der Waals surface area (Å²) in [6, 6.07) is 3.66. The SMILES string of the molecule is COc1cc(NC(=S)NN)c(Br)cc1Br. The second-order valence-corrected chi connectivity index (χ2v) is 4.68. The highest BCUT2D eigenvalue weighted by Gasteiger charge is 2.07. The van der Waals surface area contributed by atoms with E-state index in [0.717, 1.165) is 14.6 Å². The molecule has 0 unspecified atom stereocenters. The molecular weight excluding hydrogens is 346 g/mol. The van der Waals surface area contributed by atoms with E-state index < -0.39 is 0 Å². The molecule has 0 spiro atoms. The summed E-state index contributed by atoms with van der Waals surface area (Å²) in [4.78, 5) is 0. The molecule has 0 heterocycles. The van der Waals surface area contributed by atoms with Crippen LogP contribution in [-0.2, 0) is 0 Å². The molecular formula is C8H9Br2N3OS. The third-order valence-corrected chi connectivity index (χ3v) is 3.12. The number of nitrogens with two attached hydrogens (primary N) is 1. The smallest absolute Gasteiger partial charge is 0.185 e. The van der Waals surface area contributed by atoms with Crippen molar-refractivity contribution >= 4 is 54.9 Å². The van der Waals surface area contributed by atoms with E-state index in [-0.39, 0.29) is 0 Å². The topological polar surface area (TPSA) is 59.3 Å². The van der Waals surface area contributed by atoms with Crippen molar-refractivity contribution in [2.45, 2.75) is 0 Å². The summed E-state index contributed by atoms with van der Waals surface area (Å²) in [5.41, 5.74) is 3.12. The predicted octanol–water partition coefficient (Wildman–Crippen LogP) is 2.38. The van der Waals surface area contributed by atoms with Crippen LogP contribution < -0.4 is 21.3 Å². The lowest BCUT2D eigenvalue weighted by atomic mass is 10.3. The van der Waals surface area contributed by atoms with Gasteiger partial charge in [-0.15, -0.1) is 0 Å². The number of hydrogen-bond acceptors (Lipinski definition) is 3. The summed E-state index contributed by atoms with van der Waals surface area (Å²) in [7, 11) is 1.59. The van der Waals surface area contributed by atoms with Gasteiger partial charge >= 0.3 is 0 Å². The van der Waals surface area contributed by atoms with Crippen LogP contribution in [0, 0.1) is 0 Å². The Labute approximate surface area is 110 Å². The van der Waals surface area contributed by atoms with Gasteiger partial charge in [0.25, 0.3) is 0 Å². The van der Waals surface area contributed by atoms with Crippen LogP contribution in [0.25, 0.3) is 0 Å². The molecule has 0 saturated carbocycles. The Morgan fingerprint density at radius 1 is 1.40 bits per heavy atom. The molecule has 7 heteroatoms. The molecule has 1 rings (SSSR count). The largest absolute Gasteiger partial charge is 0.495 e. The first-order chi connectivity index (χ1) is 7.08. The van der Waals surface area contributed by atoms with E-state index in [1.54, 1.807) is 13.2 Å². The van der Waals surface area contributed by atoms with Crippen molar-refractivity contribution < 1.29 is 4.74 Å². The molecule has 82 valence electrons. The fraction of sp³-hybridized carbons (Fsp3) is 0.125. The fourth-order valence-corrected chi connectivity index (χ4v) is 2.30. The first-order valence-electron chi connectivity index (χ1n) is 3.89. The fourth-order valence-electron chi connectivity index (χ4n) is 0.940. The molecule has 0 aliphatic carbocycles. The van der Waals surface area contributed by atoms with Gasteiger partial charge in [-0.3, -0.25) is 0 Å². The van der Waals surface area contributed by atoms with Crippen LogP contribution >= 0.6 is 44.1 Å². The van der Waals surface area contributed by atoms with E-state index >= 15 is 0 Å². The Balaban J connectivity index is 3.02. The number of benzene rings is 1. The average molecular weight is 355 g/mol. The van der Waals surface area contributed by atoms with E-state index in [1.165, 1.54) is 0 Å². The van der Waals surface area contributed by atoms with Crippen molar-refractivity contribution in [2.75, 3.05) is 12.4 Å². The highest BCUT2D eigenvalue weighted by molar-refractivity contribution is 9.11. The molecule has 0 bridgehead atoms. The molecule has 0 aromatic heterocycles. The zero-order valence-electron chi connectivity index (χ0n) is 7.80. The van der Waals surface area contributed by atoms with Gasteiger partial charge in [-0.2, -0.15) is 0 Å². The molecule has 0 aliphatic heterocycles. The van der Waals surface area contributed by atoms with E-state index in [0.29, 0.717) is 10.9 Å². The van der Waals surface area contributed by atoms with Crippen LogP contribution in [0.5, 0.6) is 5.75 Å². The minimum atomic E-state index is 0.333. The zero-order valence-corrected chi connectivity index (χ0v) is 11.8. The van der Waals surface area contributed by atoms with Gasteiger partial charge in [0, 0.05) is 10.5 Å². The van der Waals surface area contributed by atoms with E-state index in [2.05, 4.69) is 42.6 Å². The third kappa shape index (κ3) is 3.30. The number of hydrazine groups is 1. The van der Waals surface area contributed by atoms with Crippen molar-refractivity contribution in [3.8, 4) is 5.75 Å². The number of halogens is 2. The number of anilines is 1. The van der Waals surface area contributed by atoms with Crippen LogP contribution in [0.2, 0.25) is 0 Å². The molecule has 0 atom stereocenters. The highest BCUT2D eigenvalue weighted by Crippen LogP contribution is 2.34. The first kappa shape index (κ1) is 12.7. The summed E-state index contributed by atoms with van der Waals surface area (Å²) >= 11 is 11.6. The Morgan fingerprint density at radius 2 is 2.07 bits per heavy atom. The second-order valence-electron chi connectivity index (χ2n) is 2.57. The Bertz CT molecular complexity index is 386. The zero-order chi connectivity index (χ0) is 11.4. The maximum atomic E-state index is 5.16. The van der Waals surface area contributed by atoms with Gasteiger partial charge in [-0.05, 0) is 50.1 Å². The lowest BCUT2D eigenvalue weighted by Crippen LogP contribution is -2.34. The van der Waals surface area contributed by atoms with Gasteiger partial charge in [-0.1, -0.05) is 0 Å². The van der Waals surface area contributed by atoms with Gasteiger partial charge in [0.15, 0.2) is 5.11 Å². The molecule has 1 aromatic rings. The molecule has 0 aliphatic rings. The molecule has 15 heavy (non-hydrogen) atoms. The lowest BCUT2D eigenvalue weighted by molar-refractivity contribution is 0.412. The maximum Gasteiger partial charge on any atom is 0.185 e. The molecule has 0 amide bonds. The summed E-state index contributed by atoms with van der Waals surface area (Å²) in [5.74, 6) is 5.87. The number of thiocarbonyl (C=S) groups is 1. The molecule has 0 radical (unpaired) electrons. The number of methoxy groups -OCH3 is 1. The van der Waals surface area contributed by atoms with Crippen molar-refractivity contribution in [1.29, 1.82) is 0 Å². The van der Waals surface area contributed by atoms with Gasteiger partial charge in [0.2, 0.25) is 0 Å². The van der Waals surface area contributed by atoms with E-state index in [4.69, 9.17) is 22.8 Å². The van der Waals surface area contributed by atoms with Crippen LogP contribution in [0.3, 0.4) is 0 Å². The average Bonchev–Trinajstić information content (AvgIpc) is 2.21. The van der Waals surface area contributed by atoms with Gasteiger partial charge in [-0.25, -0.2) is 5.84 Å². The van der Waals surface area contributed by atoms with Gasteiger partial charge < -0.3 is 15.5 Å². The van der Waals surface area contributed by atoms with Gasteiger partial charge in [0.1, 0.15) is 5.75 Å². The van der Waals surface area contributed by atoms with E-state index in [1.807, 2.05) is 6.07 Å². The molecule has 4 nitrogen and oxygen atoms in total. The van der Waals surface area contributed by atoms with Crippen molar-refractivity contribution in [3.63, 3.8) is 0 Å². The number of hydrogen-bond donors (Lipinski definition) is 3. The quantitative estimate of drug-likeness (QED) is 0.432. The predicted molar refractivity (Wildman–Crippen MR) is 71.9 cm³/mol. The van der Waals surface area contributed by atoms with Crippen molar-refractivity contribution in [2.24, 2.45) is 5.84 Å². The second kappa shape index (κ2) is 5.64. The Morgan fingerprint density at radius 3 is 2.60 bits per heavy atom. The Hall–Kier alpha value is -0.370. The van der Waals surface area contributed by atoms with E-state index in [9.17, 15) is 0 Å². The van der Waals surface area contributed by atoms with Crippen molar-refractivity contribution in [3.05, 3.63) is 21.1 Å². The Kier molecular flexibility index (Phi) is 4.78. The van der Waals surface area contributed by atoms with Crippen LogP contribution in [0.4, 0.5) is 5.69 Å². The highest BCUT2D eigenvalue weighted by atomic mass is 79.9. The van der Waals surface area contributed by atoms with Gasteiger partial charge in [0.05, 0.1) is 17.3 Å². The summed E-state index contributed by atoms with van der Waals surface area (Å²) in [6.45, 7) is 0. The lowest BCUT2D eigenvalue weighted by Gasteiger charge is -2.11. The molecule has 1 aromatic carbocycles. The van der Waals surface area contributed by atoms with Crippen LogP contribution in [0.15, 0.2) is 21.1 Å². The first-order valence-corrected chi connectivity index (χ1v) is 5.88. The molecule has 4 N–H and O–H groups in total. The maximum absolute atomic E-state index is 5.16. The minimum absolute atomic E-state index is 0.333. The summed E-state index contributed by atoms with van der Waals surface area (Å²) in [6.07, 6.45) is 0. The number of ether oxygens (including phenoxy) is 1. The summed E-state index contributed by atoms with van der Waals surface area (Å²) < 4.78 is 6.86. The summed E-state index contributed by atoms with van der Waals surface area (Å²) in [5, 5.41) is 3.24. The monoisotopic (exact) mass is 353 g/mol. The normalized spacial score (nSPS) is 9.60. The standard InChI is InChI=1S/C8H9Br2N3OS/c1-14-7-3-6(12-8(15)13-11)4(9)2-5(7)10/h2-3H,11H2,1H3,(H2,12,13,15).